The second-order valence-electron chi connectivity index (χ2n) is 4.67. The van der Waals surface area contributed by atoms with Crippen molar-refractivity contribution in [2.45, 2.75) is 6.92 Å². The maximum absolute atomic E-state index is 12.3. The van der Waals surface area contributed by atoms with Crippen LogP contribution in [0.25, 0.3) is 0 Å². The number of esters is 1. The van der Waals surface area contributed by atoms with E-state index in [2.05, 4.69) is 6.58 Å². The molecule has 0 aliphatic heterocycles. The average Bonchev–Trinajstić information content (AvgIpc) is 2.52. The van der Waals surface area contributed by atoms with Crippen molar-refractivity contribution in [2.24, 2.45) is 0 Å². The molecule has 22 heavy (non-hydrogen) atoms. The number of ether oxygens (including phenoxy) is 1. The molecule has 0 amide bonds. The maximum atomic E-state index is 12.3. The molecule has 5 heteroatoms. The zero-order valence-corrected chi connectivity index (χ0v) is 11.9. The molecule has 112 valence electrons. The van der Waals surface area contributed by atoms with Gasteiger partial charge in [0.2, 0.25) is 5.75 Å². The summed E-state index contributed by atoms with van der Waals surface area (Å²) in [5, 5.41) is 19.9. The molecule has 0 bridgehead atoms. The fourth-order valence-corrected chi connectivity index (χ4v) is 1.76. The first-order valence-electron chi connectivity index (χ1n) is 6.44. The topological polar surface area (TPSA) is 83.8 Å². The quantitative estimate of drug-likeness (QED) is 0.298. The Balaban J connectivity index is 2.37. The number of phenols is 2. The minimum absolute atomic E-state index is 0.0844. The third-order valence-corrected chi connectivity index (χ3v) is 2.95. The normalized spacial score (nSPS) is 10.0. The van der Waals surface area contributed by atoms with E-state index in [9.17, 15) is 19.8 Å². The van der Waals surface area contributed by atoms with Crippen LogP contribution < -0.4 is 4.74 Å². The van der Waals surface area contributed by atoms with Gasteiger partial charge in [-0.1, -0.05) is 36.9 Å². The smallest absolute Gasteiger partial charge is 0.338 e. The zero-order valence-electron chi connectivity index (χ0n) is 11.9. The first-order valence-corrected chi connectivity index (χ1v) is 6.44. The first kappa shape index (κ1) is 15.3. The number of carbonyl (C=O) groups is 2. The Labute approximate surface area is 127 Å². The largest absolute Gasteiger partial charge is 0.504 e. The van der Waals surface area contributed by atoms with Crippen LogP contribution in [0.3, 0.4) is 0 Å². The first-order chi connectivity index (χ1) is 10.4. The van der Waals surface area contributed by atoms with Gasteiger partial charge in [0, 0.05) is 11.1 Å². The summed E-state index contributed by atoms with van der Waals surface area (Å²) in [6.45, 7) is 4.87. The molecule has 2 N–H and O–H groups in total. The SMILES string of the molecule is C=C(C)C(=O)Oc1ccc(C(=O)c2ccccc2)c(O)c1O. The van der Waals surface area contributed by atoms with Crippen molar-refractivity contribution in [1.82, 2.24) is 0 Å². The molecule has 0 saturated carbocycles. The fourth-order valence-electron chi connectivity index (χ4n) is 1.76. The Bertz CT molecular complexity index is 747. The minimum Gasteiger partial charge on any atom is -0.504 e. The van der Waals surface area contributed by atoms with Gasteiger partial charge in [0.15, 0.2) is 17.3 Å². The summed E-state index contributed by atoms with van der Waals surface area (Å²) >= 11 is 0. The van der Waals surface area contributed by atoms with E-state index in [0.29, 0.717) is 5.56 Å². The number of phenolic OH excluding ortho intramolecular Hbond substituents is 2. The van der Waals surface area contributed by atoms with Gasteiger partial charge in [-0.05, 0) is 19.1 Å². The standard InChI is InChI=1S/C17H14O5/c1-10(2)17(21)22-13-9-8-12(15(19)16(13)20)14(18)11-6-4-3-5-7-11/h3-9,19-20H,1H2,2H3. The number of carbonyl (C=O) groups excluding carboxylic acids is 2. The van der Waals surface area contributed by atoms with Crippen LogP contribution in [0.4, 0.5) is 0 Å². The number of aromatic hydroxyl groups is 2. The highest BCUT2D eigenvalue weighted by Crippen LogP contribution is 2.39. The molecule has 0 saturated heterocycles. The predicted octanol–water partition coefficient (Wildman–Crippen LogP) is 2.81. The minimum atomic E-state index is -0.739. The van der Waals surface area contributed by atoms with Gasteiger partial charge >= 0.3 is 5.97 Å². The summed E-state index contributed by atoms with van der Waals surface area (Å²) in [4.78, 5) is 23.7. The van der Waals surface area contributed by atoms with Crippen LogP contribution in [0.1, 0.15) is 22.8 Å². The molecular weight excluding hydrogens is 284 g/mol. The number of hydrogen-bond donors (Lipinski definition) is 2. The highest BCUT2D eigenvalue weighted by atomic mass is 16.5. The number of hydrogen-bond acceptors (Lipinski definition) is 5. The highest BCUT2D eigenvalue weighted by Gasteiger charge is 2.20. The van der Waals surface area contributed by atoms with Crippen LogP contribution >= 0.6 is 0 Å². The monoisotopic (exact) mass is 298 g/mol. The van der Waals surface area contributed by atoms with Crippen molar-refractivity contribution in [2.75, 3.05) is 0 Å². The molecule has 0 spiro atoms. The Kier molecular flexibility index (Phi) is 4.27. The summed E-state index contributed by atoms with van der Waals surface area (Å²) in [6, 6.07) is 10.8. The van der Waals surface area contributed by atoms with Gasteiger partial charge in [-0.2, -0.15) is 0 Å². The van der Waals surface area contributed by atoms with Gasteiger partial charge in [-0.25, -0.2) is 4.79 Å². The molecule has 0 aliphatic carbocycles. The van der Waals surface area contributed by atoms with Gasteiger partial charge in [-0.3, -0.25) is 4.79 Å². The Hall–Kier alpha value is -3.08. The molecule has 2 rings (SSSR count). The number of benzene rings is 2. The van der Waals surface area contributed by atoms with Crippen molar-refractivity contribution < 1.29 is 24.5 Å². The molecule has 0 heterocycles. The average molecular weight is 298 g/mol. The number of rotatable bonds is 4. The lowest BCUT2D eigenvalue weighted by atomic mass is 10.0. The summed E-state index contributed by atoms with van der Waals surface area (Å²) in [5.74, 6) is -2.74. The summed E-state index contributed by atoms with van der Waals surface area (Å²) in [7, 11) is 0. The van der Waals surface area contributed by atoms with E-state index in [1.54, 1.807) is 30.3 Å². The van der Waals surface area contributed by atoms with E-state index in [1.807, 2.05) is 0 Å². The Morgan fingerprint density at radius 2 is 1.64 bits per heavy atom. The molecule has 5 nitrogen and oxygen atoms in total. The molecule has 0 radical (unpaired) electrons. The number of ketones is 1. The van der Waals surface area contributed by atoms with Crippen LogP contribution in [0, 0.1) is 0 Å². The van der Waals surface area contributed by atoms with Crippen molar-refractivity contribution in [1.29, 1.82) is 0 Å². The lowest BCUT2D eigenvalue weighted by Crippen LogP contribution is -2.09. The molecule has 0 atom stereocenters. The molecule has 0 fully saturated rings. The molecule has 0 unspecified atom stereocenters. The zero-order chi connectivity index (χ0) is 16.3. The van der Waals surface area contributed by atoms with E-state index in [4.69, 9.17) is 4.74 Å². The van der Waals surface area contributed by atoms with Crippen molar-refractivity contribution in [3.05, 3.63) is 65.7 Å². The predicted molar refractivity (Wildman–Crippen MR) is 80.1 cm³/mol. The Morgan fingerprint density at radius 3 is 2.23 bits per heavy atom. The highest BCUT2D eigenvalue weighted by molar-refractivity contribution is 6.11. The third kappa shape index (κ3) is 2.98. The van der Waals surface area contributed by atoms with Crippen LogP contribution in [0.5, 0.6) is 17.2 Å². The van der Waals surface area contributed by atoms with Crippen molar-refractivity contribution in [3.8, 4) is 17.2 Å². The van der Waals surface area contributed by atoms with E-state index in [1.165, 1.54) is 19.1 Å². The van der Waals surface area contributed by atoms with E-state index in [-0.39, 0.29) is 16.9 Å². The lowest BCUT2D eigenvalue weighted by molar-refractivity contribution is -0.130. The lowest BCUT2D eigenvalue weighted by Gasteiger charge is -2.10. The van der Waals surface area contributed by atoms with E-state index < -0.39 is 23.3 Å². The van der Waals surface area contributed by atoms with Crippen LogP contribution in [-0.4, -0.2) is 22.0 Å². The summed E-state index contributed by atoms with van der Waals surface area (Å²) in [6.07, 6.45) is 0. The molecule has 0 aromatic heterocycles. The van der Waals surface area contributed by atoms with Crippen molar-refractivity contribution in [3.63, 3.8) is 0 Å². The van der Waals surface area contributed by atoms with Crippen LogP contribution in [0.2, 0.25) is 0 Å². The molecule has 2 aromatic carbocycles. The second kappa shape index (κ2) is 6.13. The fraction of sp³-hybridized carbons (Fsp3) is 0.0588. The summed E-state index contributed by atoms with van der Waals surface area (Å²) < 4.78 is 4.87. The van der Waals surface area contributed by atoms with Gasteiger partial charge < -0.3 is 14.9 Å². The summed E-state index contributed by atoms with van der Waals surface area (Å²) in [5.41, 5.74) is 0.422. The van der Waals surface area contributed by atoms with Crippen LogP contribution in [0.15, 0.2) is 54.6 Å². The second-order valence-corrected chi connectivity index (χ2v) is 4.67. The van der Waals surface area contributed by atoms with Crippen molar-refractivity contribution >= 4 is 11.8 Å². The van der Waals surface area contributed by atoms with E-state index >= 15 is 0 Å². The Morgan fingerprint density at radius 1 is 1.00 bits per heavy atom. The third-order valence-electron chi connectivity index (χ3n) is 2.95. The van der Waals surface area contributed by atoms with Gasteiger partial charge in [0.25, 0.3) is 0 Å². The van der Waals surface area contributed by atoms with Crippen LogP contribution in [-0.2, 0) is 4.79 Å². The van der Waals surface area contributed by atoms with Gasteiger partial charge in [0.1, 0.15) is 0 Å². The van der Waals surface area contributed by atoms with Gasteiger partial charge in [-0.15, -0.1) is 0 Å². The maximum Gasteiger partial charge on any atom is 0.338 e. The molecule has 2 aromatic rings. The molecule has 0 aliphatic rings. The van der Waals surface area contributed by atoms with E-state index in [0.717, 1.165) is 0 Å². The molecular formula is C17H14O5. The van der Waals surface area contributed by atoms with Gasteiger partial charge in [0.05, 0.1) is 5.56 Å².